The van der Waals surface area contributed by atoms with Crippen LogP contribution in [0.1, 0.15) is 74.7 Å². The van der Waals surface area contributed by atoms with Gasteiger partial charge in [-0.25, -0.2) is 4.98 Å². The molecule has 0 unspecified atom stereocenters. The fourth-order valence-electron chi connectivity index (χ4n) is 5.17. The molecule has 2 aliphatic heterocycles. The Morgan fingerprint density at radius 2 is 1.57 bits per heavy atom. The minimum absolute atomic E-state index is 0.0401. The number of anilines is 1. The standard InChI is InChI=1S/C24H36N4O2/c29-24(26-18-3-1-4-18)23-8-7-20(17-25-23)28-15-11-22(12-16-28)30-21-9-13-27(14-10-21)19-5-2-6-19/h7-8,17-19,21-22H,1-6,9-16H2,(H,26,29). The van der Waals surface area contributed by atoms with E-state index in [1.807, 2.05) is 18.3 Å². The zero-order valence-electron chi connectivity index (χ0n) is 18.1. The molecular formula is C24H36N4O2. The Labute approximate surface area is 180 Å². The summed E-state index contributed by atoms with van der Waals surface area (Å²) in [4.78, 5) is 21.7. The Morgan fingerprint density at radius 1 is 0.900 bits per heavy atom. The fraction of sp³-hybridized carbons (Fsp3) is 0.750. The highest BCUT2D eigenvalue weighted by Gasteiger charge is 2.31. The molecule has 2 saturated heterocycles. The predicted molar refractivity (Wildman–Crippen MR) is 118 cm³/mol. The quantitative estimate of drug-likeness (QED) is 0.776. The number of carbonyl (C=O) groups is 1. The van der Waals surface area contributed by atoms with Gasteiger partial charge in [-0.2, -0.15) is 0 Å². The summed E-state index contributed by atoms with van der Waals surface area (Å²) in [7, 11) is 0. The van der Waals surface area contributed by atoms with Gasteiger partial charge in [0.1, 0.15) is 5.69 Å². The Morgan fingerprint density at radius 3 is 2.10 bits per heavy atom. The van der Waals surface area contributed by atoms with E-state index >= 15 is 0 Å². The van der Waals surface area contributed by atoms with Crippen LogP contribution in [-0.2, 0) is 4.74 Å². The van der Waals surface area contributed by atoms with Crippen LogP contribution in [0.5, 0.6) is 0 Å². The molecule has 0 spiro atoms. The van der Waals surface area contributed by atoms with Gasteiger partial charge in [-0.15, -0.1) is 0 Å². The number of aromatic nitrogens is 1. The average Bonchev–Trinajstić information content (AvgIpc) is 2.71. The van der Waals surface area contributed by atoms with Crippen molar-refractivity contribution in [1.29, 1.82) is 0 Å². The van der Waals surface area contributed by atoms with Crippen molar-refractivity contribution in [3.05, 3.63) is 24.0 Å². The van der Waals surface area contributed by atoms with Crippen LogP contribution in [0.15, 0.2) is 18.3 Å². The molecule has 1 aromatic heterocycles. The highest BCUT2D eigenvalue weighted by atomic mass is 16.5. The van der Waals surface area contributed by atoms with Gasteiger partial charge in [-0.3, -0.25) is 4.79 Å². The van der Waals surface area contributed by atoms with Crippen LogP contribution in [0.2, 0.25) is 0 Å². The first-order chi connectivity index (χ1) is 14.7. The van der Waals surface area contributed by atoms with Crippen molar-refractivity contribution in [2.45, 2.75) is 88.5 Å². The largest absolute Gasteiger partial charge is 0.375 e. The van der Waals surface area contributed by atoms with Crippen molar-refractivity contribution in [3.8, 4) is 0 Å². The molecular weight excluding hydrogens is 376 g/mol. The minimum atomic E-state index is -0.0401. The summed E-state index contributed by atoms with van der Waals surface area (Å²) < 4.78 is 6.48. The molecule has 3 heterocycles. The van der Waals surface area contributed by atoms with Gasteiger partial charge in [0, 0.05) is 38.3 Å². The van der Waals surface area contributed by atoms with Crippen LogP contribution < -0.4 is 10.2 Å². The summed E-state index contributed by atoms with van der Waals surface area (Å²) in [6.45, 7) is 4.45. The van der Waals surface area contributed by atoms with Crippen molar-refractivity contribution in [2.75, 3.05) is 31.1 Å². The summed E-state index contributed by atoms with van der Waals surface area (Å²) in [5, 5.41) is 3.06. The van der Waals surface area contributed by atoms with Crippen molar-refractivity contribution >= 4 is 11.6 Å². The van der Waals surface area contributed by atoms with Gasteiger partial charge in [0.25, 0.3) is 5.91 Å². The van der Waals surface area contributed by atoms with Gasteiger partial charge < -0.3 is 19.9 Å². The number of nitrogens with one attached hydrogen (secondary N) is 1. The molecule has 1 N–H and O–H groups in total. The zero-order valence-corrected chi connectivity index (χ0v) is 18.1. The normalized spacial score (nSPS) is 25.0. The van der Waals surface area contributed by atoms with E-state index in [0.29, 0.717) is 23.9 Å². The molecule has 1 aromatic rings. The second kappa shape index (κ2) is 9.23. The number of likely N-dealkylation sites (tertiary alicyclic amines) is 1. The molecule has 6 heteroatoms. The van der Waals surface area contributed by atoms with E-state index in [1.165, 1.54) is 51.6 Å². The smallest absolute Gasteiger partial charge is 0.270 e. The predicted octanol–water partition coefficient (Wildman–Crippen LogP) is 3.37. The molecule has 0 atom stereocenters. The molecule has 2 saturated carbocycles. The van der Waals surface area contributed by atoms with Crippen LogP contribution in [0.4, 0.5) is 5.69 Å². The molecule has 164 valence electrons. The van der Waals surface area contributed by atoms with E-state index in [-0.39, 0.29) is 5.91 Å². The van der Waals surface area contributed by atoms with Gasteiger partial charge in [-0.05, 0) is 69.9 Å². The van der Waals surface area contributed by atoms with E-state index in [4.69, 9.17) is 4.74 Å². The third kappa shape index (κ3) is 4.65. The third-order valence-electron chi connectivity index (χ3n) is 7.68. The van der Waals surface area contributed by atoms with Gasteiger partial charge >= 0.3 is 0 Å². The number of carbonyl (C=O) groups excluding carboxylic acids is 1. The number of pyridine rings is 1. The maximum absolute atomic E-state index is 12.2. The number of hydrogen-bond donors (Lipinski definition) is 1. The third-order valence-corrected chi connectivity index (χ3v) is 7.68. The summed E-state index contributed by atoms with van der Waals surface area (Å²) in [5.41, 5.74) is 1.64. The van der Waals surface area contributed by atoms with Gasteiger partial charge in [-0.1, -0.05) is 6.42 Å². The molecule has 0 aromatic carbocycles. The van der Waals surface area contributed by atoms with E-state index in [2.05, 4.69) is 20.1 Å². The lowest BCUT2D eigenvalue weighted by atomic mass is 9.89. The topological polar surface area (TPSA) is 57.7 Å². The fourth-order valence-corrected chi connectivity index (χ4v) is 5.17. The molecule has 0 radical (unpaired) electrons. The second-order valence-corrected chi connectivity index (χ2v) is 9.65. The molecule has 5 rings (SSSR count). The maximum Gasteiger partial charge on any atom is 0.270 e. The van der Waals surface area contributed by atoms with Crippen molar-refractivity contribution in [2.24, 2.45) is 0 Å². The molecule has 4 fully saturated rings. The first kappa shape index (κ1) is 20.3. The van der Waals surface area contributed by atoms with Crippen molar-refractivity contribution in [1.82, 2.24) is 15.2 Å². The van der Waals surface area contributed by atoms with Crippen LogP contribution >= 0.6 is 0 Å². The number of rotatable bonds is 6. The molecule has 2 aliphatic carbocycles. The van der Waals surface area contributed by atoms with Gasteiger partial charge in [0.05, 0.1) is 24.1 Å². The SMILES string of the molecule is O=C(NC1CCC1)c1ccc(N2CCC(OC3CCN(C4CCC4)CC3)CC2)cn1. The molecule has 30 heavy (non-hydrogen) atoms. The van der Waals surface area contributed by atoms with E-state index in [0.717, 1.165) is 50.5 Å². The summed E-state index contributed by atoms with van der Waals surface area (Å²) in [6, 6.07) is 5.13. The summed E-state index contributed by atoms with van der Waals surface area (Å²) >= 11 is 0. The molecule has 1 amide bonds. The summed E-state index contributed by atoms with van der Waals surface area (Å²) in [6.07, 6.45) is 14.9. The Kier molecular flexibility index (Phi) is 6.23. The van der Waals surface area contributed by atoms with E-state index in [9.17, 15) is 4.79 Å². The van der Waals surface area contributed by atoms with Crippen molar-refractivity contribution < 1.29 is 9.53 Å². The lowest BCUT2D eigenvalue weighted by Gasteiger charge is -2.43. The minimum Gasteiger partial charge on any atom is -0.375 e. The molecule has 4 aliphatic rings. The van der Waals surface area contributed by atoms with Crippen LogP contribution in [0.25, 0.3) is 0 Å². The number of amides is 1. The van der Waals surface area contributed by atoms with Crippen LogP contribution in [-0.4, -0.2) is 66.3 Å². The number of nitrogens with zero attached hydrogens (tertiary/aromatic N) is 3. The Bertz CT molecular complexity index is 700. The number of ether oxygens (including phenoxy) is 1. The first-order valence-electron chi connectivity index (χ1n) is 12.2. The maximum atomic E-state index is 12.2. The van der Waals surface area contributed by atoms with Crippen LogP contribution in [0, 0.1) is 0 Å². The lowest BCUT2D eigenvalue weighted by Crippen LogP contribution is -2.47. The number of piperidine rings is 2. The highest BCUT2D eigenvalue weighted by Crippen LogP contribution is 2.29. The number of hydrogen-bond acceptors (Lipinski definition) is 5. The highest BCUT2D eigenvalue weighted by molar-refractivity contribution is 5.92. The summed E-state index contributed by atoms with van der Waals surface area (Å²) in [5.74, 6) is -0.0401. The molecule has 0 bridgehead atoms. The lowest BCUT2D eigenvalue weighted by molar-refractivity contribution is -0.0598. The molecule has 6 nitrogen and oxygen atoms in total. The van der Waals surface area contributed by atoms with Gasteiger partial charge in [0.2, 0.25) is 0 Å². The first-order valence-corrected chi connectivity index (χ1v) is 12.2. The van der Waals surface area contributed by atoms with E-state index in [1.54, 1.807) is 0 Å². The van der Waals surface area contributed by atoms with Gasteiger partial charge in [0.15, 0.2) is 0 Å². The van der Waals surface area contributed by atoms with Crippen molar-refractivity contribution in [3.63, 3.8) is 0 Å². The average molecular weight is 413 g/mol. The zero-order chi connectivity index (χ0) is 20.3. The monoisotopic (exact) mass is 412 g/mol. The Hall–Kier alpha value is -1.66. The van der Waals surface area contributed by atoms with E-state index < -0.39 is 0 Å². The Balaban J connectivity index is 1.05. The van der Waals surface area contributed by atoms with Crippen LogP contribution in [0.3, 0.4) is 0 Å². The second-order valence-electron chi connectivity index (χ2n) is 9.65.